The zero-order valence-corrected chi connectivity index (χ0v) is 16.6. The number of esters is 1. The normalized spacial score (nSPS) is 11.6. The Bertz CT molecular complexity index is 742. The van der Waals surface area contributed by atoms with Gasteiger partial charge >= 0.3 is 5.97 Å². The van der Waals surface area contributed by atoms with Gasteiger partial charge in [0, 0.05) is 10.3 Å². The van der Waals surface area contributed by atoms with Crippen LogP contribution in [0.25, 0.3) is 0 Å². The topological polar surface area (TPSA) is 46.5 Å². The van der Waals surface area contributed by atoms with Crippen molar-refractivity contribution in [2.75, 3.05) is 7.11 Å². The summed E-state index contributed by atoms with van der Waals surface area (Å²) in [7, 11) is 1.42. The molecule has 0 fully saturated rings. The Morgan fingerprint density at radius 2 is 1.88 bits per heavy atom. The van der Waals surface area contributed by atoms with E-state index in [1.807, 2.05) is 19.1 Å². The van der Waals surface area contributed by atoms with Crippen molar-refractivity contribution < 1.29 is 14.6 Å². The fourth-order valence-corrected chi connectivity index (χ4v) is 4.96. The van der Waals surface area contributed by atoms with Gasteiger partial charge < -0.3 is 9.84 Å². The largest absolute Gasteiger partial charge is 0.508 e. The molecular formula is C21H28O3S. The van der Waals surface area contributed by atoms with Crippen LogP contribution in [-0.2, 0) is 16.6 Å². The van der Waals surface area contributed by atoms with E-state index in [1.54, 1.807) is 0 Å². The molecule has 0 bridgehead atoms. The first-order chi connectivity index (χ1) is 11.9. The lowest BCUT2D eigenvalue weighted by molar-refractivity contribution is 0.0605. The van der Waals surface area contributed by atoms with E-state index in [0.29, 0.717) is 10.6 Å². The minimum atomic E-state index is -0.271. The predicted octanol–water partition coefficient (Wildman–Crippen LogP) is 5.61. The Morgan fingerprint density at radius 1 is 1.20 bits per heavy atom. The molecule has 4 heteroatoms. The molecule has 0 atom stereocenters. The Hall–Kier alpha value is -1.81. The lowest BCUT2D eigenvalue weighted by Gasteiger charge is -2.32. The Labute approximate surface area is 154 Å². The highest BCUT2D eigenvalue weighted by atomic mass is 32.1. The van der Waals surface area contributed by atoms with Gasteiger partial charge in [-0.15, -0.1) is 11.3 Å². The number of hydrogen-bond acceptors (Lipinski definition) is 4. The average Bonchev–Trinajstić information content (AvgIpc) is 3.00. The van der Waals surface area contributed by atoms with Crippen LogP contribution in [0.2, 0.25) is 0 Å². The number of hydrogen-bond donors (Lipinski definition) is 1. The predicted molar refractivity (Wildman–Crippen MR) is 104 cm³/mol. The number of phenolic OH excluding ortho intramolecular Hbond substituents is 1. The molecule has 1 heterocycles. The zero-order chi connectivity index (χ0) is 18.6. The van der Waals surface area contributed by atoms with E-state index in [0.717, 1.165) is 36.8 Å². The number of aromatic hydroxyl groups is 1. The smallest absolute Gasteiger partial charge is 0.348 e. The highest BCUT2D eigenvalue weighted by Crippen LogP contribution is 2.44. The molecule has 0 radical (unpaired) electrons. The fraction of sp³-hybridized carbons (Fsp3) is 0.476. The Morgan fingerprint density at radius 3 is 2.44 bits per heavy atom. The molecule has 0 saturated carbocycles. The van der Waals surface area contributed by atoms with Gasteiger partial charge in [-0.05, 0) is 55.0 Å². The summed E-state index contributed by atoms with van der Waals surface area (Å²) in [4.78, 5) is 13.9. The van der Waals surface area contributed by atoms with Crippen LogP contribution in [0.3, 0.4) is 0 Å². The molecule has 3 nitrogen and oxygen atoms in total. The summed E-state index contributed by atoms with van der Waals surface area (Å²) in [6.45, 7) is 8.44. The first-order valence-electron chi connectivity index (χ1n) is 8.95. The lowest BCUT2D eigenvalue weighted by Crippen LogP contribution is -2.25. The maximum Gasteiger partial charge on any atom is 0.348 e. The minimum absolute atomic E-state index is 0.155. The second-order valence-electron chi connectivity index (χ2n) is 6.50. The average molecular weight is 361 g/mol. The third-order valence-corrected chi connectivity index (χ3v) is 6.54. The third kappa shape index (κ3) is 3.59. The maximum absolute atomic E-state index is 12.0. The molecule has 2 aromatic rings. The number of ether oxygens (including phenoxy) is 1. The zero-order valence-electron chi connectivity index (χ0n) is 15.8. The first kappa shape index (κ1) is 19.5. The minimum Gasteiger partial charge on any atom is -0.508 e. The molecule has 0 unspecified atom stereocenters. The SMILES string of the molecule is CCCc1cc(C(CC)(CC)c2cc(C)c(C(=O)OC)s2)ccc1O. The number of methoxy groups -OCH3 is 1. The van der Waals surface area contributed by atoms with E-state index in [9.17, 15) is 9.90 Å². The van der Waals surface area contributed by atoms with Crippen molar-refractivity contribution in [2.45, 2.75) is 58.8 Å². The van der Waals surface area contributed by atoms with Crippen LogP contribution in [0.4, 0.5) is 0 Å². The van der Waals surface area contributed by atoms with Crippen molar-refractivity contribution in [3.05, 3.63) is 50.7 Å². The summed E-state index contributed by atoms with van der Waals surface area (Å²) in [5.74, 6) is 0.0940. The van der Waals surface area contributed by atoms with Crippen LogP contribution in [0.15, 0.2) is 24.3 Å². The van der Waals surface area contributed by atoms with Crippen LogP contribution < -0.4 is 0 Å². The van der Waals surface area contributed by atoms with Gasteiger partial charge in [-0.3, -0.25) is 0 Å². The molecule has 1 aromatic heterocycles. The van der Waals surface area contributed by atoms with E-state index in [1.165, 1.54) is 28.9 Å². The van der Waals surface area contributed by atoms with Gasteiger partial charge in [-0.2, -0.15) is 0 Å². The van der Waals surface area contributed by atoms with Crippen LogP contribution in [0, 0.1) is 6.92 Å². The number of phenols is 1. The van der Waals surface area contributed by atoms with Gasteiger partial charge in [0.25, 0.3) is 0 Å². The molecule has 0 spiro atoms. The van der Waals surface area contributed by atoms with Crippen LogP contribution in [0.1, 0.15) is 71.3 Å². The number of carbonyl (C=O) groups is 1. The van der Waals surface area contributed by atoms with Crippen molar-refractivity contribution in [3.63, 3.8) is 0 Å². The lowest BCUT2D eigenvalue weighted by atomic mass is 9.74. The molecule has 1 aromatic carbocycles. The van der Waals surface area contributed by atoms with Crippen LogP contribution >= 0.6 is 11.3 Å². The third-order valence-electron chi connectivity index (χ3n) is 5.12. The Kier molecular flexibility index (Phi) is 6.28. The van der Waals surface area contributed by atoms with Gasteiger partial charge in [0.2, 0.25) is 0 Å². The molecule has 1 N–H and O–H groups in total. The number of thiophene rings is 1. The fourth-order valence-electron chi connectivity index (χ4n) is 3.52. The van der Waals surface area contributed by atoms with E-state index in [-0.39, 0.29) is 11.4 Å². The van der Waals surface area contributed by atoms with Gasteiger partial charge in [-0.1, -0.05) is 39.3 Å². The summed E-state index contributed by atoms with van der Waals surface area (Å²) in [6, 6.07) is 8.09. The van der Waals surface area contributed by atoms with Crippen LogP contribution in [-0.4, -0.2) is 18.2 Å². The van der Waals surface area contributed by atoms with Crippen molar-refractivity contribution in [1.82, 2.24) is 0 Å². The maximum atomic E-state index is 12.0. The molecule has 0 aliphatic carbocycles. The molecule has 136 valence electrons. The molecule has 0 aliphatic heterocycles. The second-order valence-corrected chi connectivity index (χ2v) is 7.55. The van der Waals surface area contributed by atoms with Crippen LogP contribution in [0.5, 0.6) is 5.75 Å². The number of rotatable bonds is 7. The van der Waals surface area contributed by atoms with E-state index < -0.39 is 0 Å². The van der Waals surface area contributed by atoms with Crippen molar-refractivity contribution in [1.29, 1.82) is 0 Å². The molecule has 0 saturated heterocycles. The first-order valence-corrected chi connectivity index (χ1v) is 9.76. The van der Waals surface area contributed by atoms with Gasteiger partial charge in [0.1, 0.15) is 10.6 Å². The Balaban J connectivity index is 2.60. The summed E-state index contributed by atoms with van der Waals surface area (Å²) in [5.41, 5.74) is 3.01. The summed E-state index contributed by atoms with van der Waals surface area (Å²) in [6.07, 6.45) is 3.72. The number of benzene rings is 1. The highest BCUT2D eigenvalue weighted by Gasteiger charge is 2.34. The second kappa shape index (κ2) is 8.05. The highest BCUT2D eigenvalue weighted by molar-refractivity contribution is 7.14. The molecule has 2 rings (SSSR count). The van der Waals surface area contributed by atoms with E-state index >= 15 is 0 Å². The quantitative estimate of drug-likeness (QED) is 0.653. The van der Waals surface area contributed by atoms with E-state index in [2.05, 4.69) is 32.9 Å². The molecule has 25 heavy (non-hydrogen) atoms. The molecule has 0 amide bonds. The molecular weight excluding hydrogens is 332 g/mol. The van der Waals surface area contributed by atoms with Gasteiger partial charge in [0.05, 0.1) is 7.11 Å². The van der Waals surface area contributed by atoms with Crippen molar-refractivity contribution in [3.8, 4) is 5.75 Å². The van der Waals surface area contributed by atoms with Gasteiger partial charge in [-0.25, -0.2) is 4.79 Å². The van der Waals surface area contributed by atoms with Gasteiger partial charge in [0.15, 0.2) is 0 Å². The summed E-state index contributed by atoms with van der Waals surface area (Å²) in [5, 5.41) is 10.1. The van der Waals surface area contributed by atoms with E-state index in [4.69, 9.17) is 4.74 Å². The monoisotopic (exact) mass is 360 g/mol. The van der Waals surface area contributed by atoms with Crippen molar-refractivity contribution in [2.24, 2.45) is 0 Å². The summed E-state index contributed by atoms with van der Waals surface area (Å²) >= 11 is 1.53. The number of carbonyl (C=O) groups excluding carboxylic acids is 1. The van der Waals surface area contributed by atoms with Crippen molar-refractivity contribution >= 4 is 17.3 Å². The number of aryl methyl sites for hydroxylation is 2. The molecule has 0 aliphatic rings. The summed E-state index contributed by atoms with van der Waals surface area (Å²) < 4.78 is 4.92. The standard InChI is InChI=1S/C21H28O3S/c1-6-9-15-13-16(10-11-17(15)22)21(7-2,8-3)18-12-14(4)19(25-18)20(23)24-5/h10-13,22H,6-9H2,1-5H3.